The summed E-state index contributed by atoms with van der Waals surface area (Å²) in [5, 5.41) is 2.12. The summed E-state index contributed by atoms with van der Waals surface area (Å²) >= 11 is 0. The molecule has 0 nitrogen and oxygen atoms in total. The van der Waals surface area contributed by atoms with E-state index in [-0.39, 0.29) is 0 Å². The smallest absolute Gasteiger partial charge is 0.0229 e. The summed E-state index contributed by atoms with van der Waals surface area (Å²) in [5.74, 6) is 1.20. The highest BCUT2D eigenvalue weighted by Gasteiger charge is 1.86. The van der Waals surface area contributed by atoms with Crippen LogP contribution in [0.15, 0.2) is 35.7 Å². The maximum atomic E-state index is 2.16. The summed E-state index contributed by atoms with van der Waals surface area (Å²) < 4.78 is 0. The first-order chi connectivity index (χ1) is 6.29. The molecule has 0 radical (unpaired) electrons. The third kappa shape index (κ3) is 5.06. The van der Waals surface area contributed by atoms with Crippen LogP contribution in [0.1, 0.15) is 11.1 Å². The number of aryl methyl sites for hydroxylation is 2. The topological polar surface area (TPSA) is 0 Å². The van der Waals surface area contributed by atoms with E-state index in [4.69, 9.17) is 0 Å². The summed E-state index contributed by atoms with van der Waals surface area (Å²) in [4.78, 5) is 0. The zero-order chi connectivity index (χ0) is 9.52. The van der Waals surface area contributed by atoms with Gasteiger partial charge in [0.1, 0.15) is 0 Å². The average Bonchev–Trinajstić information content (AvgIpc) is 2.68. The number of rotatable bonds is 0. The number of hydrogen-bond acceptors (Lipinski definition) is 2. The van der Waals surface area contributed by atoms with Crippen molar-refractivity contribution in [3.05, 3.63) is 46.9 Å². The Balaban J connectivity index is 0.000000145. The second kappa shape index (κ2) is 6.17. The van der Waals surface area contributed by atoms with Crippen LogP contribution in [0.25, 0.3) is 0 Å². The van der Waals surface area contributed by atoms with Gasteiger partial charge in [-0.2, -0.15) is 0 Å². The standard InChI is InChI=1S/C8H10.C3H4S2/c1-7-3-5-8(2)6-4-7;1-2-4-5-3-1/h3-6H,1-2H3;1-2H,3H2. The molecule has 0 aliphatic carbocycles. The largest absolute Gasteiger partial charge is 0.0854 e. The molecule has 70 valence electrons. The second-order valence-corrected chi connectivity index (χ2v) is 5.23. The van der Waals surface area contributed by atoms with Gasteiger partial charge in [0, 0.05) is 5.75 Å². The molecule has 1 heterocycles. The van der Waals surface area contributed by atoms with Crippen molar-refractivity contribution in [2.75, 3.05) is 5.75 Å². The minimum atomic E-state index is 1.20. The molecule has 0 amide bonds. The Labute approximate surface area is 88.2 Å². The highest BCUT2D eigenvalue weighted by atomic mass is 33.1. The molecule has 1 aromatic rings. The molecule has 0 N–H and O–H groups in total. The molecule has 2 rings (SSSR count). The Morgan fingerprint density at radius 2 is 1.54 bits per heavy atom. The van der Waals surface area contributed by atoms with Gasteiger partial charge in [-0.1, -0.05) is 63.1 Å². The molecule has 1 aromatic carbocycles. The Morgan fingerprint density at radius 3 is 1.77 bits per heavy atom. The summed E-state index contributed by atoms with van der Waals surface area (Å²) in [5.41, 5.74) is 2.66. The van der Waals surface area contributed by atoms with Crippen LogP contribution in [0.2, 0.25) is 0 Å². The van der Waals surface area contributed by atoms with Crippen LogP contribution < -0.4 is 0 Å². The summed E-state index contributed by atoms with van der Waals surface area (Å²) in [6, 6.07) is 8.48. The lowest BCUT2D eigenvalue weighted by Gasteiger charge is -1.90. The van der Waals surface area contributed by atoms with Gasteiger partial charge in [0.2, 0.25) is 0 Å². The van der Waals surface area contributed by atoms with E-state index in [1.54, 1.807) is 0 Å². The van der Waals surface area contributed by atoms with E-state index in [0.717, 1.165) is 0 Å². The first-order valence-electron chi connectivity index (χ1n) is 4.25. The molecule has 0 atom stereocenters. The zero-order valence-electron chi connectivity index (χ0n) is 7.99. The summed E-state index contributed by atoms with van der Waals surface area (Å²) in [6.45, 7) is 4.19. The molecule has 0 bridgehead atoms. The molecule has 0 saturated carbocycles. The fourth-order valence-electron chi connectivity index (χ4n) is 0.833. The van der Waals surface area contributed by atoms with Crippen molar-refractivity contribution in [1.29, 1.82) is 0 Å². The van der Waals surface area contributed by atoms with E-state index in [1.165, 1.54) is 16.9 Å². The predicted molar refractivity (Wildman–Crippen MR) is 65.1 cm³/mol. The van der Waals surface area contributed by atoms with Crippen molar-refractivity contribution in [3.8, 4) is 0 Å². The maximum absolute atomic E-state index is 2.16. The predicted octanol–water partition coefficient (Wildman–Crippen LogP) is 4.20. The number of benzene rings is 1. The van der Waals surface area contributed by atoms with E-state index in [1.807, 2.05) is 21.6 Å². The second-order valence-electron chi connectivity index (χ2n) is 2.91. The Morgan fingerprint density at radius 1 is 1.00 bits per heavy atom. The van der Waals surface area contributed by atoms with Gasteiger partial charge in [-0.05, 0) is 19.3 Å². The lowest BCUT2D eigenvalue weighted by molar-refractivity contribution is 1.40. The first-order valence-corrected chi connectivity index (χ1v) is 6.64. The molecule has 1 aliphatic heterocycles. The lowest BCUT2D eigenvalue weighted by atomic mass is 10.2. The molecule has 1 aliphatic rings. The third-order valence-corrected chi connectivity index (χ3v) is 3.52. The van der Waals surface area contributed by atoms with Crippen molar-refractivity contribution in [2.45, 2.75) is 13.8 Å². The van der Waals surface area contributed by atoms with Crippen molar-refractivity contribution in [2.24, 2.45) is 0 Å². The van der Waals surface area contributed by atoms with Crippen molar-refractivity contribution >= 4 is 21.6 Å². The number of hydrogen-bond donors (Lipinski definition) is 0. The molecule has 0 unspecified atom stereocenters. The quantitative estimate of drug-likeness (QED) is 0.589. The van der Waals surface area contributed by atoms with Crippen LogP contribution in [0.3, 0.4) is 0 Å². The zero-order valence-corrected chi connectivity index (χ0v) is 9.62. The third-order valence-electron chi connectivity index (χ3n) is 1.60. The SMILES string of the molecule is C1=CSSC1.Cc1ccc(C)cc1. The minimum absolute atomic E-state index is 1.20. The summed E-state index contributed by atoms with van der Waals surface area (Å²) in [6.07, 6.45) is 2.16. The molecule has 13 heavy (non-hydrogen) atoms. The van der Waals surface area contributed by atoms with Crippen LogP contribution in [-0.4, -0.2) is 5.75 Å². The van der Waals surface area contributed by atoms with Gasteiger partial charge in [-0.3, -0.25) is 0 Å². The van der Waals surface area contributed by atoms with Gasteiger partial charge in [-0.25, -0.2) is 0 Å². The Hall–Kier alpha value is -0.340. The molecule has 2 heteroatoms. The van der Waals surface area contributed by atoms with Gasteiger partial charge >= 0.3 is 0 Å². The van der Waals surface area contributed by atoms with Gasteiger partial charge in [0.05, 0.1) is 0 Å². The van der Waals surface area contributed by atoms with E-state index in [2.05, 4.69) is 49.6 Å². The van der Waals surface area contributed by atoms with Gasteiger partial charge in [0.15, 0.2) is 0 Å². The van der Waals surface area contributed by atoms with E-state index < -0.39 is 0 Å². The van der Waals surface area contributed by atoms with Crippen molar-refractivity contribution in [1.82, 2.24) is 0 Å². The van der Waals surface area contributed by atoms with Crippen LogP contribution in [0.5, 0.6) is 0 Å². The molecule has 0 fully saturated rings. The van der Waals surface area contributed by atoms with E-state index in [9.17, 15) is 0 Å². The van der Waals surface area contributed by atoms with Crippen LogP contribution in [-0.2, 0) is 0 Å². The fourth-order valence-corrected chi connectivity index (χ4v) is 2.40. The Bertz CT molecular complexity index is 235. The molecule has 0 aromatic heterocycles. The van der Waals surface area contributed by atoms with Crippen molar-refractivity contribution in [3.63, 3.8) is 0 Å². The molecular weight excluding hydrogens is 196 g/mol. The fraction of sp³-hybridized carbons (Fsp3) is 0.273. The van der Waals surface area contributed by atoms with E-state index >= 15 is 0 Å². The highest BCUT2D eigenvalue weighted by molar-refractivity contribution is 8.78. The molecular formula is C11H14S2. The monoisotopic (exact) mass is 210 g/mol. The lowest BCUT2D eigenvalue weighted by Crippen LogP contribution is -1.70. The highest BCUT2D eigenvalue weighted by Crippen LogP contribution is 2.27. The normalized spacial score (nSPS) is 13.7. The maximum Gasteiger partial charge on any atom is 0.0229 e. The van der Waals surface area contributed by atoms with Gasteiger partial charge < -0.3 is 0 Å². The average molecular weight is 210 g/mol. The van der Waals surface area contributed by atoms with Crippen LogP contribution in [0.4, 0.5) is 0 Å². The first kappa shape index (κ1) is 10.7. The van der Waals surface area contributed by atoms with Crippen LogP contribution >= 0.6 is 21.6 Å². The van der Waals surface area contributed by atoms with Gasteiger partial charge in [-0.15, -0.1) is 0 Å². The van der Waals surface area contributed by atoms with E-state index in [0.29, 0.717) is 0 Å². The summed E-state index contributed by atoms with van der Waals surface area (Å²) in [7, 11) is 3.69. The van der Waals surface area contributed by atoms with Crippen LogP contribution in [0, 0.1) is 13.8 Å². The van der Waals surface area contributed by atoms with Gasteiger partial charge in [0.25, 0.3) is 0 Å². The molecule has 0 saturated heterocycles. The molecule has 0 spiro atoms. The minimum Gasteiger partial charge on any atom is -0.0854 e. The Kier molecular flexibility index (Phi) is 5.09. The van der Waals surface area contributed by atoms with Crippen molar-refractivity contribution < 1.29 is 0 Å².